The van der Waals surface area contributed by atoms with Gasteiger partial charge >= 0.3 is 0 Å². The minimum atomic E-state index is -0.193. The lowest BCUT2D eigenvalue weighted by Crippen LogP contribution is -2.35. The van der Waals surface area contributed by atoms with Crippen molar-refractivity contribution >= 4 is 5.91 Å². The molecule has 3 atom stereocenters. The lowest BCUT2D eigenvalue weighted by atomic mass is 10.0. The number of hydrogen-bond donors (Lipinski definition) is 1. The molecule has 1 aromatic rings. The van der Waals surface area contributed by atoms with Crippen molar-refractivity contribution in [1.82, 2.24) is 4.90 Å². The monoisotopic (exact) mass is 246 g/mol. The molecule has 98 valence electrons. The minimum Gasteiger partial charge on any atom is -0.340 e. The van der Waals surface area contributed by atoms with Crippen LogP contribution in [0.2, 0.25) is 0 Å². The van der Waals surface area contributed by atoms with Crippen molar-refractivity contribution in [1.29, 1.82) is 0 Å². The standard InChI is InChI=1S/C15H22N2O/c1-11-8-12(2)17(10-11)15(18)9-14(16)13-6-4-3-5-7-13/h3-7,11-12,14H,8-10,16H2,1-2H3. The van der Waals surface area contributed by atoms with Crippen LogP contribution < -0.4 is 5.73 Å². The topological polar surface area (TPSA) is 46.3 Å². The Labute approximate surface area is 109 Å². The van der Waals surface area contributed by atoms with Gasteiger partial charge in [-0.3, -0.25) is 4.79 Å². The molecular formula is C15H22N2O. The van der Waals surface area contributed by atoms with Crippen LogP contribution in [0.25, 0.3) is 0 Å². The lowest BCUT2D eigenvalue weighted by molar-refractivity contribution is -0.132. The molecule has 1 aromatic carbocycles. The number of nitrogens with zero attached hydrogens (tertiary/aromatic N) is 1. The van der Waals surface area contributed by atoms with Crippen LogP contribution >= 0.6 is 0 Å². The highest BCUT2D eigenvalue weighted by atomic mass is 16.2. The molecule has 1 fully saturated rings. The summed E-state index contributed by atoms with van der Waals surface area (Å²) in [7, 11) is 0. The Bertz CT molecular complexity index is 404. The van der Waals surface area contributed by atoms with Gasteiger partial charge in [-0.25, -0.2) is 0 Å². The van der Waals surface area contributed by atoms with Gasteiger partial charge in [-0.2, -0.15) is 0 Å². The number of likely N-dealkylation sites (tertiary alicyclic amines) is 1. The van der Waals surface area contributed by atoms with Gasteiger partial charge in [0.05, 0.1) is 0 Å². The molecule has 0 bridgehead atoms. The van der Waals surface area contributed by atoms with E-state index in [4.69, 9.17) is 5.73 Å². The van der Waals surface area contributed by atoms with Crippen LogP contribution in [-0.4, -0.2) is 23.4 Å². The minimum absolute atomic E-state index is 0.184. The Balaban J connectivity index is 1.95. The van der Waals surface area contributed by atoms with E-state index in [-0.39, 0.29) is 11.9 Å². The molecule has 0 aromatic heterocycles. The van der Waals surface area contributed by atoms with Gasteiger partial charge < -0.3 is 10.6 Å². The number of nitrogens with two attached hydrogens (primary N) is 1. The third kappa shape index (κ3) is 2.91. The van der Waals surface area contributed by atoms with Gasteiger partial charge in [-0.1, -0.05) is 37.3 Å². The second kappa shape index (κ2) is 5.53. The van der Waals surface area contributed by atoms with E-state index in [0.717, 1.165) is 18.5 Å². The molecule has 0 aliphatic carbocycles. The Morgan fingerprint density at radius 2 is 2.06 bits per heavy atom. The largest absolute Gasteiger partial charge is 0.340 e. The smallest absolute Gasteiger partial charge is 0.224 e. The fraction of sp³-hybridized carbons (Fsp3) is 0.533. The summed E-state index contributed by atoms with van der Waals surface area (Å²) in [6.07, 6.45) is 1.51. The fourth-order valence-corrected chi connectivity index (χ4v) is 2.77. The second-order valence-electron chi connectivity index (χ2n) is 5.46. The third-order valence-electron chi connectivity index (χ3n) is 3.73. The maximum Gasteiger partial charge on any atom is 0.224 e. The number of rotatable bonds is 3. The fourth-order valence-electron chi connectivity index (χ4n) is 2.77. The molecule has 0 radical (unpaired) electrons. The van der Waals surface area contributed by atoms with Gasteiger partial charge in [-0.05, 0) is 24.8 Å². The van der Waals surface area contributed by atoms with E-state index >= 15 is 0 Å². The number of carbonyl (C=O) groups is 1. The molecule has 1 aliphatic heterocycles. The molecule has 0 saturated carbocycles. The molecular weight excluding hydrogens is 224 g/mol. The first kappa shape index (κ1) is 13.1. The van der Waals surface area contributed by atoms with Crippen LogP contribution in [0.15, 0.2) is 30.3 Å². The molecule has 1 aliphatic rings. The first-order valence-corrected chi connectivity index (χ1v) is 6.68. The van der Waals surface area contributed by atoms with E-state index in [9.17, 15) is 4.79 Å². The van der Waals surface area contributed by atoms with E-state index in [1.165, 1.54) is 0 Å². The number of amides is 1. The first-order valence-electron chi connectivity index (χ1n) is 6.68. The van der Waals surface area contributed by atoms with Crippen LogP contribution in [0, 0.1) is 5.92 Å². The highest BCUT2D eigenvalue weighted by Crippen LogP contribution is 2.24. The molecule has 2 N–H and O–H groups in total. The van der Waals surface area contributed by atoms with Crippen LogP contribution in [0.4, 0.5) is 0 Å². The third-order valence-corrected chi connectivity index (χ3v) is 3.73. The SMILES string of the molecule is CC1CC(C)N(C(=O)CC(N)c2ccccc2)C1. The predicted molar refractivity (Wildman–Crippen MR) is 72.9 cm³/mol. The summed E-state index contributed by atoms with van der Waals surface area (Å²) in [6, 6.07) is 10.0. The van der Waals surface area contributed by atoms with E-state index < -0.39 is 0 Å². The van der Waals surface area contributed by atoms with Gasteiger partial charge in [0, 0.05) is 25.0 Å². The maximum absolute atomic E-state index is 12.2. The normalized spacial score (nSPS) is 25.2. The Morgan fingerprint density at radius 1 is 1.39 bits per heavy atom. The number of hydrogen-bond acceptors (Lipinski definition) is 2. The average Bonchev–Trinajstić information content (AvgIpc) is 2.69. The zero-order chi connectivity index (χ0) is 13.1. The summed E-state index contributed by atoms with van der Waals surface area (Å²) in [5.74, 6) is 0.792. The van der Waals surface area contributed by atoms with Gasteiger partial charge in [0.15, 0.2) is 0 Å². The molecule has 2 rings (SSSR count). The molecule has 1 heterocycles. The highest BCUT2D eigenvalue weighted by molar-refractivity contribution is 5.77. The van der Waals surface area contributed by atoms with Gasteiger partial charge in [0.25, 0.3) is 0 Å². The van der Waals surface area contributed by atoms with E-state index in [1.807, 2.05) is 35.2 Å². The van der Waals surface area contributed by atoms with Crippen molar-refractivity contribution in [2.75, 3.05) is 6.54 Å². The Hall–Kier alpha value is -1.35. The maximum atomic E-state index is 12.2. The predicted octanol–water partition coefficient (Wildman–Crippen LogP) is 2.33. The first-order chi connectivity index (χ1) is 8.58. The number of carbonyl (C=O) groups excluding carboxylic acids is 1. The summed E-state index contributed by atoms with van der Waals surface area (Å²) in [4.78, 5) is 14.2. The van der Waals surface area contributed by atoms with Crippen LogP contribution in [0.1, 0.15) is 38.3 Å². The van der Waals surface area contributed by atoms with Crippen molar-refractivity contribution in [3.8, 4) is 0 Å². The van der Waals surface area contributed by atoms with Crippen molar-refractivity contribution < 1.29 is 4.79 Å². The van der Waals surface area contributed by atoms with Crippen molar-refractivity contribution in [3.05, 3.63) is 35.9 Å². The highest BCUT2D eigenvalue weighted by Gasteiger charge is 2.30. The summed E-state index contributed by atoms with van der Waals surface area (Å²) < 4.78 is 0. The number of benzene rings is 1. The Kier molecular flexibility index (Phi) is 4.02. The zero-order valence-electron chi connectivity index (χ0n) is 11.2. The molecule has 0 spiro atoms. The van der Waals surface area contributed by atoms with Crippen molar-refractivity contribution in [2.24, 2.45) is 11.7 Å². The summed E-state index contributed by atoms with van der Waals surface area (Å²) >= 11 is 0. The molecule has 1 amide bonds. The lowest BCUT2D eigenvalue weighted by Gasteiger charge is -2.23. The summed E-state index contributed by atoms with van der Waals surface area (Å²) in [6.45, 7) is 5.19. The molecule has 3 nitrogen and oxygen atoms in total. The van der Waals surface area contributed by atoms with Crippen molar-refractivity contribution in [2.45, 2.75) is 38.8 Å². The molecule has 18 heavy (non-hydrogen) atoms. The van der Waals surface area contributed by atoms with E-state index in [2.05, 4.69) is 13.8 Å². The van der Waals surface area contributed by atoms with Crippen LogP contribution in [0.5, 0.6) is 0 Å². The van der Waals surface area contributed by atoms with Gasteiger partial charge in [-0.15, -0.1) is 0 Å². The zero-order valence-corrected chi connectivity index (χ0v) is 11.2. The average molecular weight is 246 g/mol. The van der Waals surface area contributed by atoms with E-state index in [0.29, 0.717) is 18.4 Å². The van der Waals surface area contributed by atoms with Gasteiger partial charge in [0.2, 0.25) is 5.91 Å². The summed E-state index contributed by atoms with van der Waals surface area (Å²) in [5, 5.41) is 0. The Morgan fingerprint density at radius 3 is 2.61 bits per heavy atom. The quantitative estimate of drug-likeness (QED) is 0.889. The molecule has 3 unspecified atom stereocenters. The molecule has 3 heteroatoms. The van der Waals surface area contributed by atoms with E-state index in [1.54, 1.807) is 0 Å². The summed E-state index contributed by atoms with van der Waals surface area (Å²) in [5.41, 5.74) is 7.13. The second-order valence-corrected chi connectivity index (χ2v) is 5.46. The van der Waals surface area contributed by atoms with Crippen LogP contribution in [-0.2, 0) is 4.79 Å². The van der Waals surface area contributed by atoms with Gasteiger partial charge in [0.1, 0.15) is 0 Å². The van der Waals surface area contributed by atoms with Crippen molar-refractivity contribution in [3.63, 3.8) is 0 Å². The molecule has 1 saturated heterocycles. The van der Waals surface area contributed by atoms with Crippen LogP contribution in [0.3, 0.4) is 0 Å².